The molecule has 15 heavy (non-hydrogen) atoms. The number of nitrogens with one attached hydrogen (secondary N) is 1. The van der Waals surface area contributed by atoms with Gasteiger partial charge in [-0.3, -0.25) is 0 Å². The van der Waals surface area contributed by atoms with E-state index < -0.39 is 0 Å². The fourth-order valence-corrected chi connectivity index (χ4v) is 2.27. The summed E-state index contributed by atoms with van der Waals surface area (Å²) in [6, 6.07) is 7.38. The molecule has 1 aliphatic rings. The Balaban J connectivity index is 2.39. The number of hydrogen-bond acceptors (Lipinski definition) is 2. The number of anilines is 1. The molecule has 0 fully saturated rings. The molecule has 1 unspecified atom stereocenters. The van der Waals surface area contributed by atoms with Crippen molar-refractivity contribution in [3.8, 4) is 0 Å². The minimum atomic E-state index is 0.550. The van der Waals surface area contributed by atoms with Gasteiger partial charge in [0.2, 0.25) is 0 Å². The molecule has 0 amide bonds. The molecule has 2 nitrogen and oxygen atoms in total. The van der Waals surface area contributed by atoms with E-state index in [4.69, 9.17) is 0 Å². The highest BCUT2D eigenvalue weighted by Crippen LogP contribution is 2.28. The Morgan fingerprint density at radius 3 is 2.87 bits per heavy atom. The lowest BCUT2D eigenvalue weighted by Crippen LogP contribution is -2.29. The number of hydrogen-bond donors (Lipinski definition) is 1. The van der Waals surface area contributed by atoms with E-state index in [1.165, 1.54) is 29.7 Å². The Morgan fingerprint density at radius 2 is 2.20 bits per heavy atom. The molecule has 2 rings (SSSR count). The summed E-state index contributed by atoms with van der Waals surface area (Å²) in [4.78, 5) is 2.17. The second-order valence-corrected chi connectivity index (χ2v) is 4.44. The summed E-state index contributed by atoms with van der Waals surface area (Å²) in [6.45, 7) is 3.36. The monoisotopic (exact) mass is 204 g/mol. The summed E-state index contributed by atoms with van der Waals surface area (Å²) in [7, 11) is 4.19. The second kappa shape index (κ2) is 4.23. The zero-order valence-corrected chi connectivity index (χ0v) is 9.88. The highest BCUT2D eigenvalue weighted by molar-refractivity contribution is 5.51. The van der Waals surface area contributed by atoms with Gasteiger partial charge in [-0.1, -0.05) is 13.0 Å². The van der Waals surface area contributed by atoms with Crippen LogP contribution in [-0.2, 0) is 6.42 Å². The highest BCUT2D eigenvalue weighted by Gasteiger charge is 2.18. The first-order valence-corrected chi connectivity index (χ1v) is 5.76. The van der Waals surface area contributed by atoms with Crippen LogP contribution in [0.5, 0.6) is 0 Å². The molecule has 1 aromatic carbocycles. The van der Waals surface area contributed by atoms with E-state index in [-0.39, 0.29) is 0 Å². The van der Waals surface area contributed by atoms with Crippen LogP contribution in [0, 0.1) is 0 Å². The minimum Gasteiger partial charge on any atom is -0.378 e. The van der Waals surface area contributed by atoms with Gasteiger partial charge in [-0.05, 0) is 42.6 Å². The third-order valence-corrected chi connectivity index (χ3v) is 3.21. The Morgan fingerprint density at radius 1 is 1.40 bits per heavy atom. The van der Waals surface area contributed by atoms with Crippen molar-refractivity contribution in [3.63, 3.8) is 0 Å². The van der Waals surface area contributed by atoms with Crippen molar-refractivity contribution in [2.45, 2.75) is 25.8 Å². The molecular formula is C13H20N2. The lowest BCUT2D eigenvalue weighted by molar-refractivity contribution is 0.493. The van der Waals surface area contributed by atoms with Crippen LogP contribution < -0.4 is 10.2 Å². The molecule has 1 N–H and O–H groups in total. The number of rotatable bonds is 2. The molecular weight excluding hydrogens is 184 g/mol. The summed E-state index contributed by atoms with van der Waals surface area (Å²) >= 11 is 0. The van der Waals surface area contributed by atoms with Gasteiger partial charge in [-0.25, -0.2) is 0 Å². The number of fused-ring (bicyclic) bond motifs is 1. The Bertz CT molecular complexity index is 344. The number of nitrogens with zero attached hydrogens (tertiary/aromatic N) is 1. The van der Waals surface area contributed by atoms with Crippen LogP contribution in [0.2, 0.25) is 0 Å². The molecule has 0 bridgehead atoms. The van der Waals surface area contributed by atoms with E-state index in [2.05, 4.69) is 49.4 Å². The van der Waals surface area contributed by atoms with Crippen molar-refractivity contribution in [3.05, 3.63) is 29.3 Å². The lowest BCUT2D eigenvalue weighted by atomic mass is 9.92. The topological polar surface area (TPSA) is 15.3 Å². The van der Waals surface area contributed by atoms with Crippen molar-refractivity contribution in [2.75, 3.05) is 25.5 Å². The highest BCUT2D eigenvalue weighted by atomic mass is 15.1. The SMILES string of the molecule is CCC1NCCc2ccc(N(C)C)cc21. The lowest BCUT2D eigenvalue weighted by Gasteiger charge is -2.27. The van der Waals surface area contributed by atoms with Crippen molar-refractivity contribution >= 4 is 5.69 Å². The predicted octanol–water partition coefficient (Wildman–Crippen LogP) is 2.35. The average molecular weight is 204 g/mol. The van der Waals surface area contributed by atoms with Crippen LogP contribution in [-0.4, -0.2) is 20.6 Å². The van der Waals surface area contributed by atoms with E-state index in [0.29, 0.717) is 6.04 Å². The van der Waals surface area contributed by atoms with Gasteiger partial charge in [-0.2, -0.15) is 0 Å². The molecule has 0 spiro atoms. The molecule has 0 radical (unpaired) electrons. The van der Waals surface area contributed by atoms with Crippen molar-refractivity contribution in [2.24, 2.45) is 0 Å². The van der Waals surface area contributed by atoms with Crippen LogP contribution in [0.3, 0.4) is 0 Å². The first-order valence-electron chi connectivity index (χ1n) is 5.76. The van der Waals surface area contributed by atoms with Gasteiger partial charge in [0.1, 0.15) is 0 Å². The summed E-state index contributed by atoms with van der Waals surface area (Å²) in [6.07, 6.45) is 2.34. The van der Waals surface area contributed by atoms with E-state index >= 15 is 0 Å². The van der Waals surface area contributed by atoms with Crippen LogP contribution in [0.4, 0.5) is 5.69 Å². The Labute approximate surface area is 92.3 Å². The van der Waals surface area contributed by atoms with E-state index in [9.17, 15) is 0 Å². The van der Waals surface area contributed by atoms with Crippen molar-refractivity contribution < 1.29 is 0 Å². The van der Waals surface area contributed by atoms with Gasteiger partial charge in [-0.15, -0.1) is 0 Å². The predicted molar refractivity (Wildman–Crippen MR) is 65.5 cm³/mol. The molecule has 0 saturated heterocycles. The van der Waals surface area contributed by atoms with Crippen molar-refractivity contribution in [1.29, 1.82) is 0 Å². The minimum absolute atomic E-state index is 0.550. The first kappa shape index (κ1) is 10.5. The summed E-state index contributed by atoms with van der Waals surface area (Å²) < 4.78 is 0. The van der Waals surface area contributed by atoms with Gasteiger partial charge in [0.25, 0.3) is 0 Å². The van der Waals surface area contributed by atoms with Gasteiger partial charge < -0.3 is 10.2 Å². The largest absolute Gasteiger partial charge is 0.378 e. The molecule has 0 aromatic heterocycles. The fraction of sp³-hybridized carbons (Fsp3) is 0.538. The van der Waals surface area contributed by atoms with Gasteiger partial charge in [0.05, 0.1) is 0 Å². The summed E-state index contributed by atoms with van der Waals surface area (Å²) in [5, 5.41) is 3.57. The summed E-state index contributed by atoms with van der Waals surface area (Å²) in [5.74, 6) is 0. The number of benzene rings is 1. The molecule has 82 valence electrons. The molecule has 1 heterocycles. The van der Waals surface area contributed by atoms with Gasteiger partial charge >= 0.3 is 0 Å². The molecule has 0 aliphatic carbocycles. The molecule has 2 heteroatoms. The Kier molecular flexibility index (Phi) is 2.96. The zero-order chi connectivity index (χ0) is 10.8. The molecule has 1 aliphatic heterocycles. The maximum atomic E-state index is 3.57. The summed E-state index contributed by atoms with van der Waals surface area (Å²) in [5.41, 5.74) is 4.32. The van der Waals surface area contributed by atoms with E-state index in [1.54, 1.807) is 0 Å². The maximum absolute atomic E-state index is 3.57. The average Bonchev–Trinajstić information content (AvgIpc) is 2.27. The van der Waals surface area contributed by atoms with Gasteiger partial charge in [0, 0.05) is 25.8 Å². The van der Waals surface area contributed by atoms with Gasteiger partial charge in [0.15, 0.2) is 0 Å². The van der Waals surface area contributed by atoms with Crippen LogP contribution in [0.25, 0.3) is 0 Å². The Hall–Kier alpha value is -1.02. The molecule has 0 saturated carbocycles. The first-order chi connectivity index (χ1) is 7.22. The quantitative estimate of drug-likeness (QED) is 0.795. The van der Waals surface area contributed by atoms with E-state index in [0.717, 1.165) is 6.54 Å². The van der Waals surface area contributed by atoms with E-state index in [1.807, 2.05) is 0 Å². The van der Waals surface area contributed by atoms with Crippen LogP contribution in [0.15, 0.2) is 18.2 Å². The smallest absolute Gasteiger partial charge is 0.0364 e. The third-order valence-electron chi connectivity index (χ3n) is 3.21. The van der Waals surface area contributed by atoms with Crippen LogP contribution >= 0.6 is 0 Å². The van der Waals surface area contributed by atoms with Crippen LogP contribution in [0.1, 0.15) is 30.5 Å². The third kappa shape index (κ3) is 2.00. The second-order valence-electron chi connectivity index (χ2n) is 4.44. The standard InChI is InChI=1S/C13H20N2/c1-4-13-12-9-11(15(2)3)6-5-10(12)7-8-14-13/h5-6,9,13-14H,4,7-8H2,1-3H3. The van der Waals surface area contributed by atoms with Crippen molar-refractivity contribution in [1.82, 2.24) is 5.32 Å². The maximum Gasteiger partial charge on any atom is 0.0364 e. The fourth-order valence-electron chi connectivity index (χ4n) is 2.27. The molecule has 1 aromatic rings. The molecule has 1 atom stereocenters. The zero-order valence-electron chi connectivity index (χ0n) is 9.88. The normalized spacial score (nSPS) is 19.8.